The predicted octanol–water partition coefficient (Wildman–Crippen LogP) is 6.32. The number of nitriles is 1. The van der Waals surface area contributed by atoms with Gasteiger partial charge in [0.1, 0.15) is 35.5 Å². The predicted molar refractivity (Wildman–Crippen MR) is 144 cm³/mol. The van der Waals surface area contributed by atoms with Crippen LogP contribution >= 0.6 is 0 Å². The van der Waals surface area contributed by atoms with Crippen molar-refractivity contribution in [2.75, 3.05) is 0 Å². The number of allylic oxidation sites excluding steroid dienone is 1. The monoisotopic (exact) mass is 502 g/mol. The summed E-state index contributed by atoms with van der Waals surface area (Å²) in [6, 6.07) is 30.2. The second-order valence-corrected chi connectivity index (χ2v) is 9.23. The number of nitrogens with zero attached hydrogens (tertiary/aromatic N) is 1. The van der Waals surface area contributed by atoms with Gasteiger partial charge in [0.05, 0.1) is 11.5 Å². The summed E-state index contributed by atoms with van der Waals surface area (Å²) in [7, 11) is 0. The van der Waals surface area contributed by atoms with Gasteiger partial charge < -0.3 is 19.9 Å². The lowest BCUT2D eigenvalue weighted by Gasteiger charge is -2.27. The van der Waals surface area contributed by atoms with E-state index in [0.29, 0.717) is 35.0 Å². The van der Waals surface area contributed by atoms with Gasteiger partial charge in [-0.2, -0.15) is 5.26 Å². The first-order chi connectivity index (χ1) is 18.4. The van der Waals surface area contributed by atoms with E-state index in [1.54, 1.807) is 30.3 Å². The third kappa shape index (κ3) is 5.23. The van der Waals surface area contributed by atoms with Gasteiger partial charge in [0.25, 0.3) is 0 Å². The van der Waals surface area contributed by atoms with Crippen LogP contribution < -0.4 is 19.9 Å². The Morgan fingerprint density at radius 2 is 1.63 bits per heavy atom. The van der Waals surface area contributed by atoms with Crippen LogP contribution in [0.4, 0.5) is 0 Å². The molecule has 0 radical (unpaired) electrons. The molecule has 0 aromatic heterocycles. The van der Waals surface area contributed by atoms with E-state index in [9.17, 15) is 10.1 Å². The highest BCUT2D eigenvalue weighted by molar-refractivity contribution is 5.91. The van der Waals surface area contributed by atoms with Crippen LogP contribution in [0.5, 0.6) is 17.2 Å². The van der Waals surface area contributed by atoms with Gasteiger partial charge in [-0.25, -0.2) is 4.79 Å². The summed E-state index contributed by atoms with van der Waals surface area (Å²) in [5.41, 5.74) is 11.8. The number of nitrogens with two attached hydrogens (primary N) is 1. The molecule has 1 atom stereocenters. The van der Waals surface area contributed by atoms with Crippen molar-refractivity contribution in [2.45, 2.75) is 26.4 Å². The smallest absolute Gasteiger partial charge is 0.343 e. The van der Waals surface area contributed by atoms with Crippen LogP contribution in [0.15, 0.2) is 102 Å². The van der Waals surface area contributed by atoms with Gasteiger partial charge in [0.2, 0.25) is 5.88 Å². The van der Waals surface area contributed by atoms with Gasteiger partial charge in [-0.1, -0.05) is 65.7 Å². The van der Waals surface area contributed by atoms with Crippen LogP contribution in [0.1, 0.15) is 44.1 Å². The molecule has 0 fully saturated rings. The molecule has 4 aromatic carbocycles. The highest BCUT2D eigenvalue weighted by Gasteiger charge is 2.31. The van der Waals surface area contributed by atoms with Crippen LogP contribution in [0, 0.1) is 25.2 Å². The van der Waals surface area contributed by atoms with E-state index in [4.69, 9.17) is 19.9 Å². The van der Waals surface area contributed by atoms with Gasteiger partial charge in [0.15, 0.2) is 0 Å². The first-order valence-electron chi connectivity index (χ1n) is 12.2. The van der Waals surface area contributed by atoms with E-state index in [1.807, 2.05) is 74.5 Å². The maximum Gasteiger partial charge on any atom is 0.343 e. The van der Waals surface area contributed by atoms with Gasteiger partial charge in [-0.05, 0) is 55.3 Å². The molecular weight excluding hydrogens is 476 g/mol. The fraction of sp³-hybridized carbons (Fsp3) is 0.125. The van der Waals surface area contributed by atoms with Crippen molar-refractivity contribution in [3.05, 3.63) is 136 Å². The lowest BCUT2D eigenvalue weighted by atomic mass is 9.83. The van der Waals surface area contributed by atoms with Crippen LogP contribution in [0.2, 0.25) is 0 Å². The molecule has 6 heteroatoms. The molecule has 1 unspecified atom stereocenters. The average molecular weight is 503 g/mol. The Morgan fingerprint density at radius 1 is 0.921 bits per heavy atom. The molecule has 0 saturated carbocycles. The first kappa shape index (κ1) is 24.7. The fourth-order valence-electron chi connectivity index (χ4n) is 4.33. The highest BCUT2D eigenvalue weighted by Crippen LogP contribution is 2.44. The molecule has 0 bridgehead atoms. The number of hydrogen-bond acceptors (Lipinski definition) is 6. The van der Waals surface area contributed by atoms with Crippen molar-refractivity contribution in [3.63, 3.8) is 0 Å². The van der Waals surface area contributed by atoms with E-state index >= 15 is 0 Å². The number of ether oxygens (including phenoxy) is 3. The minimum absolute atomic E-state index is 0.0120. The molecule has 0 aliphatic carbocycles. The number of carbonyl (C=O) groups excluding carboxylic acids is 1. The highest BCUT2D eigenvalue weighted by atomic mass is 16.5. The zero-order valence-electron chi connectivity index (χ0n) is 21.1. The van der Waals surface area contributed by atoms with Crippen LogP contribution in [-0.4, -0.2) is 5.97 Å². The van der Waals surface area contributed by atoms with Crippen molar-refractivity contribution in [2.24, 2.45) is 5.73 Å². The van der Waals surface area contributed by atoms with E-state index in [1.165, 1.54) is 5.56 Å². The molecule has 4 aromatic rings. The molecule has 0 amide bonds. The number of aryl methyl sites for hydroxylation is 2. The summed E-state index contributed by atoms with van der Waals surface area (Å²) >= 11 is 0. The Hall–Kier alpha value is -5.02. The molecule has 2 N–H and O–H groups in total. The third-order valence-corrected chi connectivity index (χ3v) is 6.41. The normalized spacial score (nSPS) is 14.2. The molecule has 1 aliphatic rings. The molecule has 5 rings (SSSR count). The minimum atomic E-state index is -0.475. The van der Waals surface area contributed by atoms with Crippen molar-refractivity contribution >= 4 is 5.97 Å². The number of hydrogen-bond donors (Lipinski definition) is 1. The van der Waals surface area contributed by atoms with E-state index in [-0.39, 0.29) is 5.88 Å². The molecule has 188 valence electrons. The lowest BCUT2D eigenvalue weighted by molar-refractivity contribution is 0.0734. The largest absolute Gasteiger partial charge is 0.489 e. The van der Waals surface area contributed by atoms with Crippen molar-refractivity contribution in [1.29, 1.82) is 5.26 Å². The maximum absolute atomic E-state index is 12.6. The number of rotatable bonds is 6. The van der Waals surface area contributed by atoms with Gasteiger partial charge in [0, 0.05) is 11.6 Å². The van der Waals surface area contributed by atoms with Crippen LogP contribution in [0.25, 0.3) is 0 Å². The summed E-state index contributed by atoms with van der Waals surface area (Å²) in [5.74, 6) is 0.488. The summed E-state index contributed by atoms with van der Waals surface area (Å²) in [6.45, 7) is 4.42. The zero-order valence-corrected chi connectivity index (χ0v) is 21.1. The van der Waals surface area contributed by atoms with Crippen molar-refractivity contribution < 1.29 is 19.0 Å². The van der Waals surface area contributed by atoms with Gasteiger partial charge in [-0.15, -0.1) is 0 Å². The molecule has 6 nitrogen and oxygen atoms in total. The van der Waals surface area contributed by atoms with Gasteiger partial charge in [-0.3, -0.25) is 0 Å². The molecule has 1 aliphatic heterocycles. The van der Waals surface area contributed by atoms with E-state index in [2.05, 4.69) is 6.07 Å². The standard InChI is InChI=1S/C32H26N2O4/c1-20-6-10-22(11-7-20)19-36-25-5-3-4-24(16-25)30-27-15-14-26(17-29(27)38-31(34)28(30)18-33)37-32(35)23-12-8-21(2)9-13-23/h3-17,30H,19,34H2,1-2H3. The Labute approximate surface area is 221 Å². The summed E-state index contributed by atoms with van der Waals surface area (Å²) in [4.78, 5) is 12.6. The fourth-order valence-corrected chi connectivity index (χ4v) is 4.33. The number of fused-ring (bicyclic) bond motifs is 1. The van der Waals surface area contributed by atoms with Gasteiger partial charge >= 0.3 is 5.97 Å². The SMILES string of the molecule is Cc1ccc(COc2cccc(C3C(C#N)=C(N)Oc4cc(OC(=O)c5ccc(C)cc5)ccc43)c2)cc1. The Morgan fingerprint density at radius 3 is 2.34 bits per heavy atom. The molecule has 0 spiro atoms. The minimum Gasteiger partial charge on any atom is -0.489 e. The molecule has 1 heterocycles. The molecular formula is C32H26N2O4. The number of benzene rings is 4. The zero-order chi connectivity index (χ0) is 26.6. The maximum atomic E-state index is 12.6. The van der Waals surface area contributed by atoms with Crippen molar-refractivity contribution in [1.82, 2.24) is 0 Å². The van der Waals surface area contributed by atoms with E-state index < -0.39 is 11.9 Å². The Kier molecular flexibility index (Phi) is 6.84. The lowest BCUT2D eigenvalue weighted by Crippen LogP contribution is -2.21. The quantitative estimate of drug-likeness (QED) is 0.245. The average Bonchev–Trinajstić information content (AvgIpc) is 2.92. The Bertz CT molecular complexity index is 1560. The first-order valence-corrected chi connectivity index (χ1v) is 12.2. The van der Waals surface area contributed by atoms with Crippen molar-refractivity contribution in [3.8, 4) is 23.3 Å². The van der Waals surface area contributed by atoms with E-state index in [0.717, 1.165) is 22.3 Å². The second kappa shape index (κ2) is 10.5. The van der Waals surface area contributed by atoms with Crippen LogP contribution in [-0.2, 0) is 6.61 Å². The number of esters is 1. The Balaban J connectivity index is 1.41. The molecule has 38 heavy (non-hydrogen) atoms. The topological polar surface area (TPSA) is 94.6 Å². The summed E-state index contributed by atoms with van der Waals surface area (Å²) in [6.07, 6.45) is 0. The molecule has 0 saturated heterocycles. The summed E-state index contributed by atoms with van der Waals surface area (Å²) < 4.78 is 17.4. The third-order valence-electron chi connectivity index (χ3n) is 6.41. The van der Waals surface area contributed by atoms with Crippen LogP contribution in [0.3, 0.4) is 0 Å². The number of carbonyl (C=O) groups is 1. The second-order valence-electron chi connectivity index (χ2n) is 9.23. The summed E-state index contributed by atoms with van der Waals surface area (Å²) in [5, 5.41) is 9.91.